The molecule has 0 aromatic rings. The first kappa shape index (κ1) is 20.8. The highest BCUT2D eigenvalue weighted by atomic mass is 16.7. The first-order valence-electron chi connectivity index (χ1n) is 7.42. The third-order valence-electron chi connectivity index (χ3n) is 2.69. The van der Waals surface area contributed by atoms with Crippen LogP contribution in [0.5, 0.6) is 0 Å². The van der Waals surface area contributed by atoms with Gasteiger partial charge in [0, 0.05) is 0 Å². The van der Waals surface area contributed by atoms with Crippen LogP contribution in [0.25, 0.3) is 0 Å². The van der Waals surface area contributed by atoms with Crippen molar-refractivity contribution in [2.75, 3.05) is 13.2 Å². The molecule has 0 aromatic heterocycles. The molecule has 1 unspecified atom stereocenters. The number of hydrogen-bond acceptors (Lipinski definition) is 8. The molecule has 2 N–H and O–H groups in total. The summed E-state index contributed by atoms with van der Waals surface area (Å²) in [6.07, 6.45) is -6.79. The van der Waals surface area contributed by atoms with Crippen LogP contribution in [0, 0.1) is 0 Å². The first-order valence-corrected chi connectivity index (χ1v) is 7.42. The van der Waals surface area contributed by atoms with Gasteiger partial charge in [-0.3, -0.25) is 0 Å². The Labute approximate surface area is 130 Å². The van der Waals surface area contributed by atoms with Crippen LogP contribution in [0.3, 0.4) is 0 Å². The van der Waals surface area contributed by atoms with Crippen molar-refractivity contribution >= 4 is 11.9 Å². The van der Waals surface area contributed by atoms with Crippen LogP contribution in [0.15, 0.2) is 0 Å². The summed E-state index contributed by atoms with van der Waals surface area (Å²) >= 11 is 0. The van der Waals surface area contributed by atoms with Crippen molar-refractivity contribution in [2.45, 2.75) is 65.3 Å². The number of esters is 2. The predicted octanol–water partition coefficient (Wildman–Crippen LogP) is -0.00940. The van der Waals surface area contributed by atoms with Crippen LogP contribution < -0.4 is 0 Å². The van der Waals surface area contributed by atoms with Crippen LogP contribution in [0.1, 0.15) is 34.6 Å². The highest BCUT2D eigenvalue weighted by molar-refractivity contribution is 5.77. The van der Waals surface area contributed by atoms with E-state index in [2.05, 4.69) is 4.74 Å². The van der Waals surface area contributed by atoms with E-state index >= 15 is 0 Å². The third-order valence-corrected chi connectivity index (χ3v) is 2.69. The van der Waals surface area contributed by atoms with Gasteiger partial charge in [-0.05, 0) is 20.8 Å². The number of rotatable bonds is 5. The molecule has 0 aromatic carbocycles. The normalized spacial score (nSPS) is 28.9. The van der Waals surface area contributed by atoms with Gasteiger partial charge in [0.2, 0.25) is 0 Å². The van der Waals surface area contributed by atoms with Gasteiger partial charge < -0.3 is 29.2 Å². The fourth-order valence-electron chi connectivity index (χ4n) is 1.84. The highest BCUT2D eigenvalue weighted by Crippen LogP contribution is 2.23. The Morgan fingerprint density at radius 3 is 2.18 bits per heavy atom. The maximum Gasteiger partial charge on any atom is 0.338 e. The molecule has 0 spiro atoms. The summed E-state index contributed by atoms with van der Waals surface area (Å²) in [5.41, 5.74) is 0. The second-order valence-electron chi connectivity index (χ2n) is 4.16. The van der Waals surface area contributed by atoms with E-state index in [0.29, 0.717) is 0 Å². The van der Waals surface area contributed by atoms with Gasteiger partial charge >= 0.3 is 11.9 Å². The molecule has 0 radical (unpaired) electrons. The van der Waals surface area contributed by atoms with E-state index in [4.69, 9.17) is 14.2 Å². The fraction of sp³-hybridized carbons (Fsp3) is 0.857. The molecule has 8 heteroatoms. The lowest BCUT2D eigenvalue weighted by molar-refractivity contribution is -0.291. The second-order valence-corrected chi connectivity index (χ2v) is 4.16. The Bertz CT molecular complexity index is 346. The van der Waals surface area contributed by atoms with Crippen molar-refractivity contribution in [1.82, 2.24) is 0 Å². The molecule has 5 atom stereocenters. The molecule has 1 saturated heterocycles. The van der Waals surface area contributed by atoms with Crippen molar-refractivity contribution in [1.29, 1.82) is 0 Å². The molecule has 1 fully saturated rings. The minimum absolute atomic E-state index is 0.0755. The zero-order chi connectivity index (χ0) is 17.3. The Kier molecular flexibility index (Phi) is 9.91. The fourth-order valence-corrected chi connectivity index (χ4v) is 1.84. The van der Waals surface area contributed by atoms with E-state index in [0.717, 1.165) is 0 Å². The number of carbonyl (C=O) groups excluding carboxylic acids is 2. The summed E-state index contributed by atoms with van der Waals surface area (Å²) in [4.78, 5) is 23.1. The van der Waals surface area contributed by atoms with E-state index < -0.39 is 42.6 Å². The molecule has 0 aliphatic carbocycles. The van der Waals surface area contributed by atoms with Gasteiger partial charge in [-0.1, -0.05) is 13.8 Å². The molecule has 0 saturated carbocycles. The zero-order valence-electron chi connectivity index (χ0n) is 13.6. The van der Waals surface area contributed by atoms with Crippen LogP contribution in [-0.4, -0.2) is 66.1 Å². The molecule has 1 aliphatic rings. The van der Waals surface area contributed by atoms with Crippen LogP contribution in [-0.2, 0) is 28.5 Å². The van der Waals surface area contributed by atoms with Gasteiger partial charge in [-0.15, -0.1) is 0 Å². The lowest BCUT2D eigenvalue weighted by Crippen LogP contribution is -2.58. The lowest BCUT2D eigenvalue weighted by Gasteiger charge is -2.38. The predicted molar refractivity (Wildman–Crippen MR) is 75.8 cm³/mol. The minimum Gasteiger partial charge on any atom is -0.464 e. The van der Waals surface area contributed by atoms with Gasteiger partial charge in [-0.25, -0.2) is 9.59 Å². The smallest absolute Gasteiger partial charge is 0.338 e. The maximum atomic E-state index is 11.7. The Morgan fingerprint density at radius 2 is 1.68 bits per heavy atom. The van der Waals surface area contributed by atoms with Crippen molar-refractivity contribution in [3.63, 3.8) is 0 Å². The second kappa shape index (κ2) is 10.5. The summed E-state index contributed by atoms with van der Waals surface area (Å²) in [6, 6.07) is 0. The molecule has 1 rings (SSSR count). The van der Waals surface area contributed by atoms with Crippen LogP contribution in [0.4, 0.5) is 0 Å². The van der Waals surface area contributed by atoms with Gasteiger partial charge in [0.25, 0.3) is 0 Å². The van der Waals surface area contributed by atoms with Gasteiger partial charge in [0.05, 0.1) is 13.2 Å². The van der Waals surface area contributed by atoms with Gasteiger partial charge in [0.1, 0.15) is 12.2 Å². The molecule has 130 valence electrons. The zero-order valence-corrected chi connectivity index (χ0v) is 13.6. The third kappa shape index (κ3) is 5.53. The highest BCUT2D eigenvalue weighted by Gasteiger charge is 2.47. The Morgan fingerprint density at radius 1 is 1.14 bits per heavy atom. The van der Waals surface area contributed by atoms with Gasteiger partial charge in [-0.2, -0.15) is 0 Å². The number of aliphatic hydroxyl groups is 2. The monoisotopic (exact) mass is 322 g/mol. The molecule has 1 aliphatic heterocycles. The van der Waals surface area contributed by atoms with E-state index in [1.165, 1.54) is 6.92 Å². The summed E-state index contributed by atoms with van der Waals surface area (Å²) in [5, 5.41) is 19.8. The Balaban J connectivity index is 0.00000211. The van der Waals surface area contributed by atoms with E-state index in [9.17, 15) is 19.8 Å². The van der Waals surface area contributed by atoms with Crippen molar-refractivity contribution in [3.05, 3.63) is 0 Å². The molecular formula is C14H26O8. The average molecular weight is 322 g/mol. The van der Waals surface area contributed by atoms with E-state index in [-0.39, 0.29) is 13.2 Å². The molecule has 0 bridgehead atoms. The average Bonchev–Trinajstić information content (AvgIpc) is 2.51. The number of carbonyl (C=O) groups is 2. The van der Waals surface area contributed by atoms with Crippen molar-refractivity contribution in [2.24, 2.45) is 0 Å². The summed E-state index contributed by atoms with van der Waals surface area (Å²) in [7, 11) is 0. The van der Waals surface area contributed by atoms with Crippen LogP contribution in [0.2, 0.25) is 0 Å². The molecule has 1 heterocycles. The van der Waals surface area contributed by atoms with Gasteiger partial charge in [0.15, 0.2) is 18.5 Å². The standard InChI is InChI=1S/C12H20O8.C2H6/c1-4-17-11(15)8(14)9-7(13)10(12(16)18-5-2)20-6(3)19-9;1-2/h6-10,13-14H,4-5H2,1-3H3;1-2H3/t6?,7-,8-,9+,10+;/m0./s1. The van der Waals surface area contributed by atoms with Crippen molar-refractivity contribution < 1.29 is 38.7 Å². The molecule has 0 amide bonds. The van der Waals surface area contributed by atoms with E-state index in [1.54, 1.807) is 13.8 Å². The number of hydrogen-bond donors (Lipinski definition) is 2. The summed E-state index contributed by atoms with van der Waals surface area (Å²) in [6.45, 7) is 8.86. The Hall–Kier alpha value is -1.22. The quantitative estimate of drug-likeness (QED) is 0.680. The topological polar surface area (TPSA) is 112 Å². The maximum absolute atomic E-state index is 11.7. The first-order chi connectivity index (χ1) is 10.4. The largest absolute Gasteiger partial charge is 0.464 e. The molecular weight excluding hydrogens is 296 g/mol. The van der Waals surface area contributed by atoms with Crippen LogP contribution >= 0.6 is 0 Å². The molecule has 22 heavy (non-hydrogen) atoms. The SMILES string of the molecule is CC.CCOC(=O)[C@@H](O)[C@@H]1OC(C)O[C@@H](C(=O)OCC)[C@H]1O. The minimum atomic E-state index is -1.71. The molecule has 8 nitrogen and oxygen atoms in total. The lowest BCUT2D eigenvalue weighted by atomic mass is 10.0. The number of ether oxygens (including phenoxy) is 4. The van der Waals surface area contributed by atoms with E-state index in [1.807, 2.05) is 13.8 Å². The van der Waals surface area contributed by atoms with Crippen molar-refractivity contribution in [3.8, 4) is 0 Å². The summed E-state index contributed by atoms with van der Waals surface area (Å²) < 4.78 is 19.7. The number of aliphatic hydroxyl groups excluding tert-OH is 2. The summed E-state index contributed by atoms with van der Waals surface area (Å²) in [5.74, 6) is -1.72.